The Balaban J connectivity index is 1.64. The maximum absolute atomic E-state index is 8.17. The number of fused-ring (bicyclic) bond motifs is 1. The Morgan fingerprint density at radius 2 is 1.90 bits per heavy atom. The molecule has 2 aromatic carbocycles. The molecule has 0 saturated heterocycles. The molecule has 8 heteroatoms. The molecule has 4 aromatic rings. The van der Waals surface area contributed by atoms with Crippen molar-refractivity contribution >= 4 is 22.9 Å². The molecule has 0 unspecified atom stereocenters. The number of hydrogen-bond donors (Lipinski definition) is 2. The zero-order valence-corrected chi connectivity index (χ0v) is 17.9. The van der Waals surface area contributed by atoms with E-state index in [2.05, 4.69) is 41.2 Å². The molecule has 154 valence electrons. The highest BCUT2D eigenvalue weighted by molar-refractivity contribution is 7.99. The number of ether oxygens (including phenoxy) is 2. The van der Waals surface area contributed by atoms with Crippen LogP contribution in [0.5, 0.6) is 11.5 Å². The first-order valence-electron chi connectivity index (χ1n) is 9.52. The molecule has 0 bridgehead atoms. The number of imidazole rings is 1. The Hall–Kier alpha value is -3.26. The first kappa shape index (κ1) is 20.0. The largest absolute Gasteiger partial charge is 0.497 e. The second kappa shape index (κ2) is 8.62. The topological polar surface area (TPSA) is 88.8 Å². The van der Waals surface area contributed by atoms with Gasteiger partial charge < -0.3 is 19.0 Å². The lowest BCUT2D eigenvalue weighted by atomic mass is 10.1. The smallest absolute Gasteiger partial charge is 0.173 e. The van der Waals surface area contributed by atoms with Crippen molar-refractivity contribution in [3.63, 3.8) is 0 Å². The van der Waals surface area contributed by atoms with E-state index in [1.807, 2.05) is 22.8 Å². The van der Waals surface area contributed by atoms with Crippen LogP contribution in [0, 0.1) is 12.3 Å². The van der Waals surface area contributed by atoms with Crippen LogP contribution in [0.3, 0.4) is 0 Å². The number of aryl methyl sites for hydroxylation is 3. The van der Waals surface area contributed by atoms with Gasteiger partial charge in [-0.05, 0) is 48.9 Å². The summed E-state index contributed by atoms with van der Waals surface area (Å²) in [5.41, 5.74) is 4.00. The third kappa shape index (κ3) is 4.18. The van der Waals surface area contributed by atoms with Crippen molar-refractivity contribution < 1.29 is 9.47 Å². The first-order chi connectivity index (χ1) is 14.6. The molecule has 7 nitrogen and oxygen atoms in total. The van der Waals surface area contributed by atoms with Crippen molar-refractivity contribution in [2.24, 2.45) is 0 Å². The fourth-order valence-electron chi connectivity index (χ4n) is 3.15. The normalized spacial score (nSPS) is 11.0. The van der Waals surface area contributed by atoms with Crippen molar-refractivity contribution in [1.82, 2.24) is 19.5 Å². The molecule has 0 aliphatic carbocycles. The summed E-state index contributed by atoms with van der Waals surface area (Å²) in [6.45, 7) is 2.81. The number of benzene rings is 2. The molecule has 0 aliphatic rings. The van der Waals surface area contributed by atoms with Crippen LogP contribution >= 0.6 is 11.8 Å². The Morgan fingerprint density at radius 3 is 2.63 bits per heavy atom. The highest BCUT2D eigenvalue weighted by Gasteiger charge is 2.13. The Morgan fingerprint density at radius 1 is 1.10 bits per heavy atom. The number of methoxy groups -OCH3 is 2. The van der Waals surface area contributed by atoms with E-state index in [9.17, 15) is 0 Å². The molecular formula is C22H23N5O2S. The fourth-order valence-corrected chi connectivity index (χ4v) is 4.07. The van der Waals surface area contributed by atoms with Crippen LogP contribution in [0.4, 0.5) is 0 Å². The lowest BCUT2D eigenvalue weighted by Crippen LogP contribution is -2.13. The van der Waals surface area contributed by atoms with Gasteiger partial charge in [-0.25, -0.2) is 9.97 Å². The van der Waals surface area contributed by atoms with Crippen LogP contribution in [0.15, 0.2) is 58.8 Å². The van der Waals surface area contributed by atoms with Gasteiger partial charge in [-0.15, -0.1) is 0 Å². The van der Waals surface area contributed by atoms with Crippen LogP contribution in [0.1, 0.15) is 11.1 Å². The number of hydrogen-bond acceptors (Lipinski definition) is 6. The van der Waals surface area contributed by atoms with E-state index in [4.69, 9.17) is 19.9 Å². The van der Waals surface area contributed by atoms with Crippen LogP contribution in [-0.2, 0) is 13.0 Å². The number of aromatic amines is 1. The van der Waals surface area contributed by atoms with Crippen molar-refractivity contribution in [1.29, 1.82) is 5.41 Å². The second-order valence-electron chi connectivity index (χ2n) is 6.88. The summed E-state index contributed by atoms with van der Waals surface area (Å²) in [5.74, 6) is 1.48. The third-order valence-electron chi connectivity index (χ3n) is 4.84. The van der Waals surface area contributed by atoms with Gasteiger partial charge in [0.15, 0.2) is 16.3 Å². The molecule has 0 atom stereocenters. The molecule has 0 aliphatic heterocycles. The molecular weight excluding hydrogens is 398 g/mol. The second-order valence-corrected chi connectivity index (χ2v) is 7.91. The van der Waals surface area contributed by atoms with Crippen molar-refractivity contribution in [2.45, 2.75) is 29.9 Å². The number of H-pyrrole nitrogens is 1. The monoisotopic (exact) mass is 421 g/mol. The minimum Gasteiger partial charge on any atom is -0.497 e. The van der Waals surface area contributed by atoms with Gasteiger partial charge in [0.05, 0.1) is 25.4 Å². The SMILES string of the molecule is COc1ccc(OC)c(Sc2nc3c([nH]2)c(=N)ncn3CCc2ccc(C)cc2)c1. The number of rotatable bonds is 7. The molecule has 2 aromatic heterocycles. The summed E-state index contributed by atoms with van der Waals surface area (Å²) >= 11 is 1.43. The van der Waals surface area contributed by atoms with Crippen LogP contribution in [0.25, 0.3) is 11.2 Å². The van der Waals surface area contributed by atoms with Gasteiger partial charge in [0, 0.05) is 6.54 Å². The van der Waals surface area contributed by atoms with Crippen LogP contribution in [-0.4, -0.2) is 33.7 Å². The number of aromatic nitrogens is 4. The van der Waals surface area contributed by atoms with Gasteiger partial charge in [0.1, 0.15) is 17.0 Å². The van der Waals surface area contributed by atoms with Crippen molar-refractivity contribution in [3.05, 3.63) is 65.4 Å². The van der Waals surface area contributed by atoms with Gasteiger partial charge >= 0.3 is 0 Å². The highest BCUT2D eigenvalue weighted by Crippen LogP contribution is 2.36. The average Bonchev–Trinajstić information content (AvgIpc) is 3.19. The summed E-state index contributed by atoms with van der Waals surface area (Å²) < 4.78 is 12.8. The summed E-state index contributed by atoms with van der Waals surface area (Å²) in [6, 6.07) is 14.1. The lowest BCUT2D eigenvalue weighted by molar-refractivity contribution is 0.394. The van der Waals surface area contributed by atoms with Crippen molar-refractivity contribution in [3.8, 4) is 11.5 Å². The molecule has 2 heterocycles. The molecule has 0 spiro atoms. The van der Waals surface area contributed by atoms with Gasteiger partial charge in [0.2, 0.25) is 0 Å². The van der Waals surface area contributed by atoms with E-state index < -0.39 is 0 Å². The maximum atomic E-state index is 8.17. The Labute approximate surface area is 178 Å². The molecule has 4 rings (SSSR count). The zero-order chi connectivity index (χ0) is 21.1. The predicted molar refractivity (Wildman–Crippen MR) is 116 cm³/mol. The molecule has 0 saturated carbocycles. The van der Waals surface area contributed by atoms with Gasteiger partial charge in [-0.1, -0.05) is 29.8 Å². The van der Waals surface area contributed by atoms with Gasteiger partial charge in [-0.2, -0.15) is 0 Å². The lowest BCUT2D eigenvalue weighted by Gasteiger charge is -2.08. The average molecular weight is 422 g/mol. The predicted octanol–water partition coefficient (Wildman–Crippen LogP) is 3.96. The van der Waals surface area contributed by atoms with E-state index in [1.165, 1.54) is 22.9 Å². The quantitative estimate of drug-likeness (QED) is 0.472. The Kier molecular flexibility index (Phi) is 5.76. The van der Waals surface area contributed by atoms with E-state index in [0.29, 0.717) is 16.3 Å². The van der Waals surface area contributed by atoms with E-state index in [0.717, 1.165) is 29.4 Å². The minimum atomic E-state index is 0.175. The third-order valence-corrected chi connectivity index (χ3v) is 5.76. The number of nitrogens with one attached hydrogen (secondary N) is 2. The number of nitrogens with zero attached hydrogens (tertiary/aromatic N) is 3. The summed E-state index contributed by atoms with van der Waals surface area (Å²) in [6.07, 6.45) is 2.54. The molecule has 2 N–H and O–H groups in total. The molecule has 0 fully saturated rings. The maximum Gasteiger partial charge on any atom is 0.173 e. The highest BCUT2D eigenvalue weighted by atomic mass is 32.2. The van der Waals surface area contributed by atoms with Gasteiger partial charge in [0.25, 0.3) is 0 Å². The Bertz CT molecular complexity index is 1230. The van der Waals surface area contributed by atoms with Crippen LogP contribution in [0.2, 0.25) is 0 Å². The van der Waals surface area contributed by atoms with E-state index >= 15 is 0 Å². The minimum absolute atomic E-state index is 0.175. The molecule has 0 amide bonds. The first-order valence-corrected chi connectivity index (χ1v) is 10.3. The summed E-state index contributed by atoms with van der Waals surface area (Å²) in [5, 5.41) is 8.83. The van der Waals surface area contributed by atoms with Gasteiger partial charge in [-0.3, -0.25) is 5.41 Å². The van der Waals surface area contributed by atoms with Crippen molar-refractivity contribution in [2.75, 3.05) is 14.2 Å². The summed E-state index contributed by atoms with van der Waals surface area (Å²) in [4.78, 5) is 13.1. The fraction of sp³-hybridized carbons (Fsp3) is 0.227. The standard InChI is InChI=1S/C22H23N5O2S/c1-14-4-6-15(7-5-14)10-11-27-13-24-20(23)19-21(27)26-22(25-19)30-18-12-16(28-2)8-9-17(18)29-3/h4-9,12-13,23H,10-11H2,1-3H3,(H,25,26). The molecule has 0 radical (unpaired) electrons. The van der Waals surface area contributed by atoms with E-state index in [1.54, 1.807) is 20.5 Å². The van der Waals surface area contributed by atoms with E-state index in [-0.39, 0.29) is 5.49 Å². The summed E-state index contributed by atoms with van der Waals surface area (Å²) in [7, 11) is 3.27. The van der Waals surface area contributed by atoms with Crippen LogP contribution < -0.4 is 15.0 Å². The molecule has 30 heavy (non-hydrogen) atoms. The zero-order valence-electron chi connectivity index (χ0n) is 17.1.